The molecule has 78 valence electrons. The topological polar surface area (TPSA) is 9.23 Å². The lowest BCUT2D eigenvalue weighted by molar-refractivity contribution is 0.415. The van der Waals surface area contributed by atoms with Crippen molar-refractivity contribution in [2.75, 3.05) is 13.0 Å². The van der Waals surface area contributed by atoms with Gasteiger partial charge in [0.05, 0.1) is 12.1 Å². The van der Waals surface area contributed by atoms with Crippen LogP contribution in [-0.4, -0.2) is 13.0 Å². The smallest absolute Gasteiger partial charge is 0.138 e. The van der Waals surface area contributed by atoms with Crippen LogP contribution in [0.5, 0.6) is 5.75 Å². The second-order valence-corrected chi connectivity index (χ2v) is 4.06. The minimum atomic E-state index is 0.585. The van der Waals surface area contributed by atoms with Crippen molar-refractivity contribution in [2.24, 2.45) is 0 Å². The molecule has 0 aliphatic rings. The molecule has 0 saturated carbocycles. The molecule has 0 aromatic heterocycles. The van der Waals surface area contributed by atoms with Crippen molar-refractivity contribution in [3.63, 3.8) is 0 Å². The third-order valence-corrected chi connectivity index (χ3v) is 2.82. The average molecular weight is 254 g/mol. The summed E-state index contributed by atoms with van der Waals surface area (Å²) in [6.45, 7) is 0. The van der Waals surface area contributed by atoms with Gasteiger partial charge in [-0.3, -0.25) is 0 Å². The quantitative estimate of drug-likeness (QED) is 0.732. The lowest BCUT2D eigenvalue weighted by Crippen LogP contribution is -1.91. The highest BCUT2D eigenvalue weighted by atomic mass is 35.5. The van der Waals surface area contributed by atoms with Crippen LogP contribution < -0.4 is 4.74 Å². The number of rotatable bonds is 4. The fraction of sp³-hybridized carbons (Fsp3) is 0.400. The summed E-state index contributed by atoms with van der Waals surface area (Å²) in [6.07, 6.45) is 1.73. The number of alkyl halides is 1. The van der Waals surface area contributed by atoms with Gasteiger partial charge in [-0.25, -0.2) is 0 Å². The summed E-state index contributed by atoms with van der Waals surface area (Å²) in [6, 6.07) is 3.56. The SMILES string of the molecule is COc1cc(Cl)c(CCCCl)cc1Cl. The molecule has 0 bridgehead atoms. The summed E-state index contributed by atoms with van der Waals surface area (Å²) in [5.41, 5.74) is 1.01. The van der Waals surface area contributed by atoms with E-state index in [0.717, 1.165) is 18.4 Å². The second-order valence-electron chi connectivity index (χ2n) is 2.87. The summed E-state index contributed by atoms with van der Waals surface area (Å²) in [4.78, 5) is 0. The molecule has 1 aromatic rings. The monoisotopic (exact) mass is 252 g/mol. The van der Waals surface area contributed by atoms with Crippen molar-refractivity contribution in [3.05, 3.63) is 27.7 Å². The lowest BCUT2D eigenvalue weighted by Gasteiger charge is -2.08. The Morgan fingerprint density at radius 2 is 1.93 bits per heavy atom. The van der Waals surface area contributed by atoms with Crippen molar-refractivity contribution in [1.82, 2.24) is 0 Å². The highest BCUT2D eigenvalue weighted by Crippen LogP contribution is 2.31. The van der Waals surface area contributed by atoms with Crippen LogP contribution in [0.15, 0.2) is 12.1 Å². The number of benzene rings is 1. The average Bonchev–Trinajstić information content (AvgIpc) is 2.18. The van der Waals surface area contributed by atoms with Crippen LogP contribution in [0.4, 0.5) is 0 Å². The van der Waals surface area contributed by atoms with Gasteiger partial charge in [0.25, 0.3) is 0 Å². The minimum Gasteiger partial charge on any atom is -0.495 e. The molecule has 1 rings (SSSR count). The first kappa shape index (κ1) is 12.0. The molecule has 0 aliphatic carbocycles. The zero-order chi connectivity index (χ0) is 10.6. The van der Waals surface area contributed by atoms with Crippen molar-refractivity contribution in [2.45, 2.75) is 12.8 Å². The first-order valence-electron chi connectivity index (χ1n) is 4.27. The van der Waals surface area contributed by atoms with Crippen LogP contribution in [0.25, 0.3) is 0 Å². The first-order valence-corrected chi connectivity index (χ1v) is 5.56. The van der Waals surface area contributed by atoms with Gasteiger partial charge in [-0.2, -0.15) is 0 Å². The molecule has 0 unspecified atom stereocenters. The van der Waals surface area contributed by atoms with Gasteiger partial charge in [-0.1, -0.05) is 23.2 Å². The third-order valence-electron chi connectivity index (χ3n) is 1.90. The minimum absolute atomic E-state index is 0.585. The zero-order valence-electron chi connectivity index (χ0n) is 7.82. The molecule has 0 spiro atoms. The Bertz CT molecular complexity index is 312. The Morgan fingerprint density at radius 3 is 2.50 bits per heavy atom. The fourth-order valence-corrected chi connectivity index (χ4v) is 1.82. The van der Waals surface area contributed by atoms with Crippen molar-refractivity contribution >= 4 is 34.8 Å². The molecule has 0 amide bonds. The van der Waals surface area contributed by atoms with E-state index in [1.54, 1.807) is 13.2 Å². The first-order chi connectivity index (χ1) is 6.69. The summed E-state index contributed by atoms with van der Waals surface area (Å²) < 4.78 is 5.04. The molecule has 14 heavy (non-hydrogen) atoms. The van der Waals surface area contributed by atoms with E-state index in [-0.39, 0.29) is 0 Å². The van der Waals surface area contributed by atoms with Gasteiger partial charge in [0.2, 0.25) is 0 Å². The maximum absolute atomic E-state index is 6.03. The zero-order valence-corrected chi connectivity index (χ0v) is 10.1. The maximum Gasteiger partial charge on any atom is 0.138 e. The molecule has 0 aliphatic heterocycles. The van der Waals surface area contributed by atoms with E-state index in [9.17, 15) is 0 Å². The second kappa shape index (κ2) is 5.69. The van der Waals surface area contributed by atoms with Crippen LogP contribution in [0, 0.1) is 0 Å². The largest absolute Gasteiger partial charge is 0.495 e. The predicted octanol–water partition coefficient (Wildman–Crippen LogP) is 4.17. The number of halogens is 3. The molecular formula is C10H11Cl3O. The number of ether oxygens (including phenoxy) is 1. The van der Waals surface area contributed by atoms with Crippen LogP contribution in [0.2, 0.25) is 10.0 Å². The number of hydrogen-bond acceptors (Lipinski definition) is 1. The van der Waals surface area contributed by atoms with Crippen LogP contribution in [0.1, 0.15) is 12.0 Å². The van der Waals surface area contributed by atoms with E-state index in [1.165, 1.54) is 0 Å². The Kier molecular flexibility index (Phi) is 4.86. The van der Waals surface area contributed by atoms with Crippen molar-refractivity contribution < 1.29 is 4.74 Å². The van der Waals surface area contributed by atoms with Gasteiger partial charge in [0.15, 0.2) is 0 Å². The summed E-state index contributed by atoms with van der Waals surface area (Å²) >= 11 is 17.6. The van der Waals surface area contributed by atoms with Crippen LogP contribution >= 0.6 is 34.8 Å². The van der Waals surface area contributed by atoms with Gasteiger partial charge < -0.3 is 4.74 Å². The van der Waals surface area contributed by atoms with Gasteiger partial charge in [0.1, 0.15) is 5.75 Å². The normalized spacial score (nSPS) is 10.3. The van der Waals surface area contributed by atoms with E-state index in [0.29, 0.717) is 21.7 Å². The molecule has 0 N–H and O–H groups in total. The van der Waals surface area contributed by atoms with E-state index in [4.69, 9.17) is 39.5 Å². The van der Waals surface area contributed by atoms with Gasteiger partial charge in [-0.05, 0) is 24.5 Å². The van der Waals surface area contributed by atoms with Crippen LogP contribution in [0.3, 0.4) is 0 Å². The molecular weight excluding hydrogens is 242 g/mol. The highest BCUT2D eigenvalue weighted by molar-refractivity contribution is 6.34. The molecule has 0 atom stereocenters. The van der Waals surface area contributed by atoms with E-state index < -0.39 is 0 Å². The molecule has 0 saturated heterocycles. The number of hydrogen-bond donors (Lipinski definition) is 0. The van der Waals surface area contributed by atoms with E-state index in [1.807, 2.05) is 6.07 Å². The standard InChI is InChI=1S/C10H11Cl3O/c1-14-10-6-8(12)7(3-2-4-11)5-9(10)13/h5-6H,2-4H2,1H3. The Morgan fingerprint density at radius 1 is 1.21 bits per heavy atom. The Hall–Kier alpha value is -0.110. The lowest BCUT2D eigenvalue weighted by atomic mass is 10.1. The van der Waals surface area contributed by atoms with Crippen molar-refractivity contribution in [3.8, 4) is 5.75 Å². The third kappa shape index (κ3) is 2.94. The molecule has 1 aromatic carbocycles. The molecule has 1 nitrogen and oxygen atoms in total. The fourth-order valence-electron chi connectivity index (χ4n) is 1.18. The van der Waals surface area contributed by atoms with Crippen molar-refractivity contribution in [1.29, 1.82) is 0 Å². The maximum atomic E-state index is 6.03. The number of methoxy groups -OCH3 is 1. The van der Waals surface area contributed by atoms with E-state index in [2.05, 4.69) is 0 Å². The highest BCUT2D eigenvalue weighted by Gasteiger charge is 2.07. The van der Waals surface area contributed by atoms with Gasteiger partial charge >= 0.3 is 0 Å². The molecule has 0 radical (unpaired) electrons. The van der Waals surface area contributed by atoms with Gasteiger partial charge in [0, 0.05) is 17.0 Å². The summed E-state index contributed by atoms with van der Waals surface area (Å²) in [5.74, 6) is 1.23. The molecule has 4 heteroatoms. The number of aryl methyl sites for hydroxylation is 1. The molecule has 0 heterocycles. The Balaban J connectivity index is 2.90. The van der Waals surface area contributed by atoms with E-state index >= 15 is 0 Å². The van der Waals surface area contributed by atoms with Crippen LogP contribution in [-0.2, 0) is 6.42 Å². The Labute approximate surface area is 98.9 Å². The predicted molar refractivity (Wildman–Crippen MR) is 62.1 cm³/mol. The summed E-state index contributed by atoms with van der Waals surface area (Å²) in [5, 5.41) is 1.26. The summed E-state index contributed by atoms with van der Waals surface area (Å²) in [7, 11) is 1.57. The van der Waals surface area contributed by atoms with Gasteiger partial charge in [-0.15, -0.1) is 11.6 Å². The molecule has 0 fully saturated rings.